The van der Waals surface area contributed by atoms with Crippen molar-refractivity contribution in [3.05, 3.63) is 59.2 Å². The summed E-state index contributed by atoms with van der Waals surface area (Å²) in [5.74, 6) is 0.550. The Bertz CT molecular complexity index is 1180. The Kier molecular flexibility index (Phi) is 6.27. The van der Waals surface area contributed by atoms with Crippen LogP contribution in [-0.2, 0) is 13.0 Å². The van der Waals surface area contributed by atoms with Gasteiger partial charge in [0.1, 0.15) is 17.2 Å². The maximum atomic E-state index is 12.8. The van der Waals surface area contributed by atoms with Gasteiger partial charge in [-0.3, -0.25) is 19.1 Å². The Morgan fingerprint density at radius 1 is 1.18 bits per heavy atom. The molecule has 34 heavy (non-hydrogen) atoms. The molecule has 0 radical (unpaired) electrons. The molecule has 8 nitrogen and oxygen atoms in total. The zero-order valence-electron chi connectivity index (χ0n) is 20.4. The molecule has 3 aromatic rings. The van der Waals surface area contributed by atoms with Crippen molar-refractivity contribution in [1.29, 1.82) is 0 Å². The third-order valence-electron chi connectivity index (χ3n) is 7.32. The number of carbonyl (C=O) groups excluding carboxylic acids is 1. The van der Waals surface area contributed by atoms with Gasteiger partial charge in [-0.1, -0.05) is 12.1 Å². The van der Waals surface area contributed by atoms with Gasteiger partial charge in [0.15, 0.2) is 0 Å². The predicted octanol–water partition coefficient (Wildman–Crippen LogP) is 2.87. The number of nitrogens with two attached hydrogens (primary N) is 1. The number of aromatic nitrogens is 3. The normalized spacial score (nSPS) is 19.2. The number of hydrogen-bond donors (Lipinski definition) is 1. The summed E-state index contributed by atoms with van der Waals surface area (Å²) in [4.78, 5) is 29.6. The van der Waals surface area contributed by atoms with Gasteiger partial charge in [-0.05, 0) is 63.9 Å². The SMILES string of the molecule is CC(C)N(Cc1nc2cccc(N3CCN(C)CC3)n2c1C(N)=O)[C@H]1CCCc2cccnc21. The summed E-state index contributed by atoms with van der Waals surface area (Å²) in [6.07, 6.45) is 5.14. The van der Waals surface area contributed by atoms with Crippen LogP contribution in [-0.4, -0.2) is 69.3 Å². The Hall–Kier alpha value is -2.97. The van der Waals surface area contributed by atoms with E-state index in [0.717, 1.165) is 68.3 Å². The van der Waals surface area contributed by atoms with Crippen LogP contribution in [0.3, 0.4) is 0 Å². The number of pyridine rings is 2. The topological polar surface area (TPSA) is 83.0 Å². The monoisotopic (exact) mass is 461 g/mol. The fourth-order valence-electron chi connectivity index (χ4n) is 5.50. The molecular weight excluding hydrogens is 426 g/mol. The van der Waals surface area contributed by atoms with Crippen LogP contribution in [0.15, 0.2) is 36.5 Å². The zero-order valence-corrected chi connectivity index (χ0v) is 20.4. The van der Waals surface area contributed by atoms with Crippen molar-refractivity contribution in [2.75, 3.05) is 38.1 Å². The minimum Gasteiger partial charge on any atom is -0.364 e. The predicted molar refractivity (Wildman–Crippen MR) is 134 cm³/mol. The van der Waals surface area contributed by atoms with Crippen molar-refractivity contribution in [2.45, 2.75) is 51.7 Å². The van der Waals surface area contributed by atoms with Crippen LogP contribution in [0.4, 0.5) is 5.82 Å². The maximum absolute atomic E-state index is 12.8. The van der Waals surface area contributed by atoms with Crippen LogP contribution in [0.1, 0.15) is 60.2 Å². The number of imidazole rings is 1. The Morgan fingerprint density at radius 2 is 1.97 bits per heavy atom. The van der Waals surface area contributed by atoms with E-state index in [9.17, 15) is 4.79 Å². The first-order valence-corrected chi connectivity index (χ1v) is 12.4. The molecule has 0 spiro atoms. The van der Waals surface area contributed by atoms with E-state index in [4.69, 9.17) is 15.7 Å². The highest BCUT2D eigenvalue weighted by molar-refractivity contribution is 5.94. The van der Waals surface area contributed by atoms with Crippen LogP contribution in [0, 0.1) is 0 Å². The quantitative estimate of drug-likeness (QED) is 0.608. The molecule has 4 heterocycles. The lowest BCUT2D eigenvalue weighted by molar-refractivity contribution is 0.0984. The van der Waals surface area contributed by atoms with E-state index in [0.29, 0.717) is 12.2 Å². The summed E-state index contributed by atoms with van der Waals surface area (Å²) in [7, 11) is 2.14. The smallest absolute Gasteiger partial charge is 0.267 e. The lowest BCUT2D eigenvalue weighted by Crippen LogP contribution is -2.45. The first-order valence-electron chi connectivity index (χ1n) is 12.4. The molecule has 0 unspecified atom stereocenters. The van der Waals surface area contributed by atoms with Crippen LogP contribution in [0.5, 0.6) is 0 Å². The van der Waals surface area contributed by atoms with Crippen molar-refractivity contribution in [1.82, 2.24) is 24.2 Å². The van der Waals surface area contributed by atoms with E-state index < -0.39 is 5.91 Å². The third-order valence-corrected chi connectivity index (χ3v) is 7.32. The number of fused-ring (bicyclic) bond motifs is 2. The molecule has 0 bridgehead atoms. The molecule has 2 N–H and O–H groups in total. The minimum absolute atomic E-state index is 0.201. The first-order chi connectivity index (χ1) is 16.4. The van der Waals surface area contributed by atoms with Crippen molar-refractivity contribution in [3.8, 4) is 0 Å². The fourth-order valence-corrected chi connectivity index (χ4v) is 5.50. The lowest BCUT2D eigenvalue weighted by atomic mass is 9.90. The average Bonchev–Trinajstić information content (AvgIpc) is 3.21. The molecule has 1 aliphatic heterocycles. The molecule has 3 aromatic heterocycles. The van der Waals surface area contributed by atoms with Gasteiger partial charge in [0, 0.05) is 45.0 Å². The lowest BCUT2D eigenvalue weighted by Gasteiger charge is -2.37. The summed E-state index contributed by atoms with van der Waals surface area (Å²) in [6.45, 7) is 8.74. The van der Waals surface area contributed by atoms with Gasteiger partial charge >= 0.3 is 0 Å². The van der Waals surface area contributed by atoms with Crippen LogP contribution >= 0.6 is 0 Å². The average molecular weight is 462 g/mol. The van der Waals surface area contributed by atoms with Crippen LogP contribution in [0.25, 0.3) is 5.65 Å². The molecule has 1 fully saturated rings. The third kappa shape index (κ3) is 4.16. The van der Waals surface area contributed by atoms with Crippen molar-refractivity contribution in [3.63, 3.8) is 0 Å². The minimum atomic E-state index is -0.435. The zero-order chi connectivity index (χ0) is 23.8. The maximum Gasteiger partial charge on any atom is 0.267 e. The van der Waals surface area contributed by atoms with Gasteiger partial charge in [-0.15, -0.1) is 0 Å². The van der Waals surface area contributed by atoms with E-state index in [-0.39, 0.29) is 12.1 Å². The van der Waals surface area contributed by atoms with Crippen molar-refractivity contribution < 1.29 is 4.79 Å². The fraction of sp³-hybridized carbons (Fsp3) is 0.500. The largest absolute Gasteiger partial charge is 0.364 e. The summed E-state index contributed by atoms with van der Waals surface area (Å²) in [6, 6.07) is 10.7. The van der Waals surface area contributed by atoms with E-state index >= 15 is 0 Å². The summed E-state index contributed by atoms with van der Waals surface area (Å²) >= 11 is 0. The van der Waals surface area contributed by atoms with Gasteiger partial charge in [0.25, 0.3) is 5.91 Å². The molecule has 0 saturated carbocycles. The molecule has 1 aliphatic carbocycles. The number of aryl methyl sites for hydroxylation is 1. The highest BCUT2D eigenvalue weighted by Gasteiger charge is 2.31. The summed E-state index contributed by atoms with van der Waals surface area (Å²) < 4.78 is 1.97. The molecule has 0 aromatic carbocycles. The molecule has 8 heteroatoms. The van der Waals surface area contributed by atoms with E-state index in [2.05, 4.69) is 47.7 Å². The van der Waals surface area contributed by atoms with E-state index in [1.165, 1.54) is 5.56 Å². The Balaban J connectivity index is 1.55. The van der Waals surface area contributed by atoms with E-state index in [1.54, 1.807) is 0 Å². The number of anilines is 1. The van der Waals surface area contributed by atoms with Gasteiger partial charge in [0.05, 0.1) is 17.4 Å². The number of likely N-dealkylation sites (N-methyl/N-ethyl adjacent to an activating group) is 1. The van der Waals surface area contributed by atoms with Crippen molar-refractivity contribution in [2.24, 2.45) is 5.73 Å². The van der Waals surface area contributed by atoms with Crippen LogP contribution in [0.2, 0.25) is 0 Å². The number of carbonyl (C=O) groups is 1. The second-order valence-electron chi connectivity index (χ2n) is 9.86. The number of primary amides is 1. The van der Waals surface area contributed by atoms with Crippen molar-refractivity contribution >= 4 is 17.4 Å². The van der Waals surface area contributed by atoms with Gasteiger partial charge in [-0.2, -0.15) is 0 Å². The highest BCUT2D eigenvalue weighted by Crippen LogP contribution is 2.35. The molecule has 5 rings (SSSR count). The molecular formula is C26H35N7O. The molecule has 180 valence electrons. The summed E-state index contributed by atoms with van der Waals surface area (Å²) in [5, 5.41) is 0. The molecule has 1 atom stereocenters. The second-order valence-corrected chi connectivity index (χ2v) is 9.86. The van der Waals surface area contributed by atoms with Crippen LogP contribution < -0.4 is 10.6 Å². The second kappa shape index (κ2) is 9.35. The van der Waals surface area contributed by atoms with Gasteiger partial charge in [0.2, 0.25) is 0 Å². The molecule has 1 amide bonds. The standard InChI is InChI=1S/C26H35N7O/c1-18(2)32(21-9-4-7-19-8-6-12-28-24(19)21)17-20-25(26(27)34)33-22(29-20)10-5-11-23(33)31-15-13-30(3)14-16-31/h5-6,8,10-12,18,21H,4,7,9,13-17H2,1-3H3,(H2,27,34)/t21-/m0/s1. The number of rotatable bonds is 6. The number of amides is 1. The number of piperazine rings is 1. The highest BCUT2D eigenvalue weighted by atomic mass is 16.1. The van der Waals surface area contributed by atoms with Gasteiger partial charge in [-0.25, -0.2) is 4.98 Å². The molecule has 2 aliphatic rings. The van der Waals surface area contributed by atoms with E-state index in [1.807, 2.05) is 28.8 Å². The summed E-state index contributed by atoms with van der Waals surface area (Å²) in [5.41, 5.74) is 10.5. The van der Waals surface area contributed by atoms with Gasteiger partial charge < -0.3 is 15.5 Å². The number of hydrogen-bond acceptors (Lipinski definition) is 6. The Labute approximate surface area is 201 Å². The Morgan fingerprint density at radius 3 is 2.71 bits per heavy atom. The molecule has 1 saturated heterocycles. The number of nitrogens with zero attached hydrogens (tertiary/aromatic N) is 6. The first kappa shape index (κ1) is 22.8.